The van der Waals surface area contributed by atoms with Crippen molar-refractivity contribution in [2.24, 2.45) is 5.73 Å². The number of nitrogens with two attached hydrogens (primary N) is 1. The van der Waals surface area contributed by atoms with Crippen LogP contribution in [-0.2, 0) is 6.54 Å². The fourth-order valence-corrected chi connectivity index (χ4v) is 2.32. The lowest BCUT2D eigenvalue weighted by Crippen LogP contribution is -2.09. The largest absolute Gasteiger partial charge is 0.334 e. The van der Waals surface area contributed by atoms with Gasteiger partial charge in [0, 0.05) is 29.9 Å². The van der Waals surface area contributed by atoms with Gasteiger partial charge in [0.15, 0.2) is 0 Å². The van der Waals surface area contributed by atoms with E-state index in [0.717, 1.165) is 31.1 Å². The Morgan fingerprint density at radius 1 is 1.64 bits per heavy atom. The molecule has 0 bridgehead atoms. The van der Waals surface area contributed by atoms with Crippen LogP contribution in [0.1, 0.15) is 19.2 Å². The summed E-state index contributed by atoms with van der Waals surface area (Å²) in [7, 11) is 0. The first-order chi connectivity index (χ1) is 6.74. The molecule has 0 aliphatic carbocycles. The molecule has 0 saturated carbocycles. The summed E-state index contributed by atoms with van der Waals surface area (Å²) in [6, 6.07) is 0. The number of imidazole rings is 1. The molecule has 0 aliphatic rings. The highest BCUT2D eigenvalue weighted by molar-refractivity contribution is 7.99. The molecule has 1 rings (SSSR count). The van der Waals surface area contributed by atoms with E-state index >= 15 is 0 Å². The normalized spacial score (nSPS) is 13.1. The standard InChI is InChI=1S/C10H19N3S/c1-9(3-4-11)14-8-7-13-6-5-12-10(13)2/h5-6,9H,3-4,7-8,11H2,1-2H3. The van der Waals surface area contributed by atoms with Crippen LogP contribution in [0.25, 0.3) is 0 Å². The van der Waals surface area contributed by atoms with Crippen molar-refractivity contribution >= 4 is 11.8 Å². The lowest BCUT2D eigenvalue weighted by molar-refractivity contribution is 0.734. The van der Waals surface area contributed by atoms with Crippen molar-refractivity contribution in [3.8, 4) is 0 Å². The number of hydrogen-bond donors (Lipinski definition) is 1. The maximum Gasteiger partial charge on any atom is 0.105 e. The lowest BCUT2D eigenvalue weighted by atomic mass is 10.3. The molecule has 1 aromatic rings. The summed E-state index contributed by atoms with van der Waals surface area (Å²) in [5.41, 5.74) is 5.49. The summed E-state index contributed by atoms with van der Waals surface area (Å²) >= 11 is 1.98. The number of aromatic nitrogens is 2. The average Bonchev–Trinajstić information content (AvgIpc) is 2.52. The van der Waals surface area contributed by atoms with Crippen molar-refractivity contribution in [2.75, 3.05) is 12.3 Å². The average molecular weight is 213 g/mol. The van der Waals surface area contributed by atoms with Crippen molar-refractivity contribution in [1.29, 1.82) is 0 Å². The van der Waals surface area contributed by atoms with Crippen LogP contribution >= 0.6 is 11.8 Å². The van der Waals surface area contributed by atoms with E-state index in [4.69, 9.17) is 5.73 Å². The highest BCUT2D eigenvalue weighted by atomic mass is 32.2. The Morgan fingerprint density at radius 3 is 3.00 bits per heavy atom. The van der Waals surface area contributed by atoms with Crippen LogP contribution in [0.5, 0.6) is 0 Å². The van der Waals surface area contributed by atoms with Gasteiger partial charge in [0.1, 0.15) is 5.82 Å². The third kappa shape index (κ3) is 3.72. The molecule has 0 saturated heterocycles. The molecule has 4 heteroatoms. The van der Waals surface area contributed by atoms with Gasteiger partial charge in [-0.05, 0) is 19.9 Å². The van der Waals surface area contributed by atoms with Crippen LogP contribution in [0.2, 0.25) is 0 Å². The van der Waals surface area contributed by atoms with E-state index in [9.17, 15) is 0 Å². The molecule has 80 valence electrons. The minimum Gasteiger partial charge on any atom is -0.334 e. The van der Waals surface area contributed by atoms with Gasteiger partial charge in [-0.15, -0.1) is 0 Å². The molecule has 0 fully saturated rings. The Labute approximate surface area is 90.1 Å². The Balaban J connectivity index is 2.19. The number of aryl methyl sites for hydroxylation is 2. The Hall–Kier alpha value is -0.480. The monoisotopic (exact) mass is 213 g/mol. The molecule has 0 spiro atoms. The van der Waals surface area contributed by atoms with Gasteiger partial charge in [0.2, 0.25) is 0 Å². The van der Waals surface area contributed by atoms with Crippen LogP contribution in [0.4, 0.5) is 0 Å². The van der Waals surface area contributed by atoms with Gasteiger partial charge in [-0.3, -0.25) is 0 Å². The number of rotatable bonds is 6. The van der Waals surface area contributed by atoms with Gasteiger partial charge < -0.3 is 10.3 Å². The zero-order valence-corrected chi connectivity index (χ0v) is 9.76. The Bertz CT molecular complexity index is 260. The zero-order chi connectivity index (χ0) is 10.4. The van der Waals surface area contributed by atoms with Crippen LogP contribution in [0.15, 0.2) is 12.4 Å². The first kappa shape index (κ1) is 11.6. The maximum atomic E-state index is 5.49. The van der Waals surface area contributed by atoms with E-state index in [1.165, 1.54) is 0 Å². The van der Waals surface area contributed by atoms with Crippen molar-refractivity contribution in [3.63, 3.8) is 0 Å². The second kappa shape index (κ2) is 6.09. The molecular weight excluding hydrogens is 194 g/mol. The van der Waals surface area contributed by atoms with Crippen molar-refractivity contribution in [1.82, 2.24) is 9.55 Å². The van der Waals surface area contributed by atoms with E-state index in [-0.39, 0.29) is 0 Å². The smallest absolute Gasteiger partial charge is 0.105 e. The van der Waals surface area contributed by atoms with Crippen LogP contribution < -0.4 is 5.73 Å². The lowest BCUT2D eigenvalue weighted by Gasteiger charge is -2.10. The zero-order valence-electron chi connectivity index (χ0n) is 8.94. The Kier molecular flexibility index (Phi) is 5.04. The van der Waals surface area contributed by atoms with Crippen molar-refractivity contribution in [2.45, 2.75) is 32.1 Å². The molecule has 1 unspecified atom stereocenters. The number of hydrogen-bond acceptors (Lipinski definition) is 3. The molecular formula is C10H19N3S. The SMILES string of the molecule is Cc1nccn1CCSC(C)CCN. The molecule has 1 aromatic heterocycles. The molecule has 0 radical (unpaired) electrons. The third-order valence-electron chi connectivity index (χ3n) is 2.23. The highest BCUT2D eigenvalue weighted by Gasteiger charge is 2.01. The van der Waals surface area contributed by atoms with Gasteiger partial charge in [-0.25, -0.2) is 4.98 Å². The third-order valence-corrected chi connectivity index (χ3v) is 3.45. The summed E-state index contributed by atoms with van der Waals surface area (Å²) in [6.45, 7) is 6.11. The van der Waals surface area contributed by atoms with E-state index in [1.807, 2.05) is 31.1 Å². The van der Waals surface area contributed by atoms with Gasteiger partial charge >= 0.3 is 0 Å². The summed E-state index contributed by atoms with van der Waals surface area (Å²) in [4.78, 5) is 4.18. The fourth-order valence-electron chi connectivity index (χ4n) is 1.31. The molecule has 2 N–H and O–H groups in total. The topological polar surface area (TPSA) is 43.8 Å². The predicted octanol–water partition coefficient (Wildman–Crippen LogP) is 1.66. The first-order valence-corrected chi connectivity index (χ1v) is 6.08. The quantitative estimate of drug-likeness (QED) is 0.781. The number of nitrogens with zero attached hydrogens (tertiary/aromatic N) is 2. The molecule has 3 nitrogen and oxygen atoms in total. The Morgan fingerprint density at radius 2 is 2.43 bits per heavy atom. The summed E-state index contributed by atoms with van der Waals surface area (Å²) in [6.07, 6.45) is 4.99. The molecule has 0 aromatic carbocycles. The first-order valence-electron chi connectivity index (χ1n) is 5.03. The van der Waals surface area contributed by atoms with Crippen LogP contribution in [-0.4, -0.2) is 27.1 Å². The highest BCUT2D eigenvalue weighted by Crippen LogP contribution is 2.13. The predicted molar refractivity (Wildman–Crippen MR) is 62.6 cm³/mol. The number of thioether (sulfide) groups is 1. The van der Waals surface area contributed by atoms with Gasteiger partial charge in [-0.2, -0.15) is 11.8 Å². The molecule has 1 atom stereocenters. The summed E-state index contributed by atoms with van der Waals surface area (Å²) in [5.74, 6) is 2.23. The maximum absolute atomic E-state index is 5.49. The van der Waals surface area contributed by atoms with E-state index in [1.54, 1.807) is 0 Å². The summed E-state index contributed by atoms with van der Waals surface area (Å²) in [5, 5.41) is 0.670. The fraction of sp³-hybridized carbons (Fsp3) is 0.700. The van der Waals surface area contributed by atoms with Crippen molar-refractivity contribution in [3.05, 3.63) is 18.2 Å². The molecule has 0 amide bonds. The van der Waals surface area contributed by atoms with E-state index in [0.29, 0.717) is 5.25 Å². The van der Waals surface area contributed by atoms with Gasteiger partial charge in [0.25, 0.3) is 0 Å². The minimum absolute atomic E-state index is 0.670. The van der Waals surface area contributed by atoms with Crippen molar-refractivity contribution < 1.29 is 0 Å². The van der Waals surface area contributed by atoms with E-state index < -0.39 is 0 Å². The second-order valence-corrected chi connectivity index (χ2v) is 4.97. The van der Waals surface area contributed by atoms with Gasteiger partial charge in [0.05, 0.1) is 0 Å². The van der Waals surface area contributed by atoms with Crippen LogP contribution in [0.3, 0.4) is 0 Å². The van der Waals surface area contributed by atoms with Crippen LogP contribution in [0, 0.1) is 6.92 Å². The summed E-state index contributed by atoms with van der Waals surface area (Å²) < 4.78 is 2.18. The minimum atomic E-state index is 0.670. The molecule has 14 heavy (non-hydrogen) atoms. The second-order valence-electron chi connectivity index (χ2n) is 3.43. The van der Waals surface area contributed by atoms with Gasteiger partial charge in [-0.1, -0.05) is 6.92 Å². The van der Waals surface area contributed by atoms with E-state index in [2.05, 4.69) is 16.5 Å². The molecule has 1 heterocycles. The molecule has 0 aliphatic heterocycles.